The molecule has 1 saturated heterocycles. The second kappa shape index (κ2) is 7.79. The Kier molecular flexibility index (Phi) is 6.35. The molecule has 1 N–H and O–H groups in total. The van der Waals surface area contributed by atoms with E-state index in [1.165, 1.54) is 70.9 Å². The van der Waals surface area contributed by atoms with Crippen molar-refractivity contribution in [2.24, 2.45) is 5.92 Å². The van der Waals surface area contributed by atoms with Gasteiger partial charge in [0.05, 0.1) is 0 Å². The van der Waals surface area contributed by atoms with Crippen LogP contribution >= 0.6 is 0 Å². The van der Waals surface area contributed by atoms with Gasteiger partial charge in [-0.15, -0.1) is 0 Å². The van der Waals surface area contributed by atoms with E-state index >= 15 is 0 Å². The van der Waals surface area contributed by atoms with Crippen LogP contribution in [-0.4, -0.2) is 36.1 Å². The van der Waals surface area contributed by atoms with Crippen molar-refractivity contribution in [3.8, 4) is 0 Å². The molecule has 118 valence electrons. The Hall–Kier alpha value is -0.0800. The molecule has 2 heteroatoms. The fraction of sp³-hybridized carbons (Fsp3) is 1.00. The highest BCUT2D eigenvalue weighted by atomic mass is 15.2. The molecule has 0 aromatic rings. The maximum absolute atomic E-state index is 3.87. The van der Waals surface area contributed by atoms with Gasteiger partial charge < -0.3 is 5.32 Å². The number of nitrogens with one attached hydrogen (secondary N) is 1. The molecule has 0 bridgehead atoms. The maximum atomic E-state index is 3.87. The lowest BCUT2D eigenvalue weighted by Crippen LogP contribution is -2.61. The van der Waals surface area contributed by atoms with Gasteiger partial charge >= 0.3 is 0 Å². The summed E-state index contributed by atoms with van der Waals surface area (Å²) in [7, 11) is 0. The topological polar surface area (TPSA) is 15.3 Å². The van der Waals surface area contributed by atoms with Crippen molar-refractivity contribution < 1.29 is 0 Å². The van der Waals surface area contributed by atoms with Gasteiger partial charge in [0.15, 0.2) is 0 Å². The molecule has 1 aliphatic heterocycles. The van der Waals surface area contributed by atoms with Crippen LogP contribution < -0.4 is 5.32 Å². The molecule has 0 aromatic heterocycles. The van der Waals surface area contributed by atoms with Gasteiger partial charge in [0, 0.05) is 11.6 Å². The first kappa shape index (κ1) is 16.3. The third-order valence-corrected chi connectivity index (χ3v) is 5.73. The zero-order valence-corrected chi connectivity index (χ0v) is 14.1. The minimum atomic E-state index is 0.308. The van der Waals surface area contributed by atoms with Gasteiger partial charge in [-0.3, -0.25) is 4.90 Å². The largest absolute Gasteiger partial charge is 0.312 e. The SMILES string of the molecule is CCNC(C1CCCCC1)C(C)(C)N1CCCCCC1. The fourth-order valence-electron chi connectivity index (χ4n) is 4.52. The molecule has 1 saturated carbocycles. The van der Waals surface area contributed by atoms with E-state index in [2.05, 4.69) is 31.0 Å². The first-order chi connectivity index (χ1) is 9.66. The van der Waals surface area contributed by atoms with E-state index < -0.39 is 0 Å². The van der Waals surface area contributed by atoms with Gasteiger partial charge in [0.25, 0.3) is 0 Å². The van der Waals surface area contributed by atoms with Crippen LogP contribution in [0.1, 0.15) is 78.6 Å². The summed E-state index contributed by atoms with van der Waals surface area (Å²) in [4.78, 5) is 2.79. The summed E-state index contributed by atoms with van der Waals surface area (Å²) in [5.41, 5.74) is 0.308. The summed E-state index contributed by atoms with van der Waals surface area (Å²) in [6.07, 6.45) is 12.9. The van der Waals surface area contributed by atoms with E-state index in [-0.39, 0.29) is 0 Å². The minimum absolute atomic E-state index is 0.308. The van der Waals surface area contributed by atoms with Gasteiger partial charge in [-0.2, -0.15) is 0 Å². The average molecular weight is 280 g/mol. The molecule has 0 spiro atoms. The fourth-order valence-corrected chi connectivity index (χ4v) is 4.52. The molecule has 2 aliphatic rings. The monoisotopic (exact) mass is 280 g/mol. The number of hydrogen-bond donors (Lipinski definition) is 1. The van der Waals surface area contributed by atoms with Crippen LogP contribution in [0.3, 0.4) is 0 Å². The molecule has 2 nitrogen and oxygen atoms in total. The van der Waals surface area contributed by atoms with Crippen molar-refractivity contribution in [2.75, 3.05) is 19.6 Å². The summed E-state index contributed by atoms with van der Waals surface area (Å²) in [6, 6.07) is 0.672. The molecule has 1 unspecified atom stereocenters. The third kappa shape index (κ3) is 3.98. The van der Waals surface area contributed by atoms with Crippen LogP contribution in [0.2, 0.25) is 0 Å². The Morgan fingerprint density at radius 2 is 1.50 bits per heavy atom. The third-order valence-electron chi connectivity index (χ3n) is 5.73. The molecular weight excluding hydrogens is 244 g/mol. The van der Waals surface area contributed by atoms with E-state index in [1.807, 2.05) is 0 Å². The predicted molar refractivity (Wildman–Crippen MR) is 88.2 cm³/mol. The van der Waals surface area contributed by atoms with E-state index in [4.69, 9.17) is 0 Å². The highest BCUT2D eigenvalue weighted by molar-refractivity contribution is 4.98. The van der Waals surface area contributed by atoms with Crippen molar-refractivity contribution in [2.45, 2.75) is 90.1 Å². The zero-order valence-electron chi connectivity index (χ0n) is 14.1. The number of hydrogen-bond acceptors (Lipinski definition) is 2. The number of likely N-dealkylation sites (tertiary alicyclic amines) is 1. The van der Waals surface area contributed by atoms with E-state index in [1.54, 1.807) is 0 Å². The molecule has 20 heavy (non-hydrogen) atoms. The Bertz CT molecular complexity index is 261. The van der Waals surface area contributed by atoms with Gasteiger partial charge in [0.1, 0.15) is 0 Å². The zero-order chi connectivity index (χ0) is 14.4. The molecule has 1 aliphatic carbocycles. The second-order valence-electron chi connectivity index (χ2n) is 7.49. The highest BCUT2D eigenvalue weighted by Crippen LogP contribution is 2.34. The van der Waals surface area contributed by atoms with E-state index in [0.29, 0.717) is 11.6 Å². The number of nitrogens with zero attached hydrogens (tertiary/aromatic N) is 1. The van der Waals surface area contributed by atoms with Crippen LogP contribution in [0.5, 0.6) is 0 Å². The minimum Gasteiger partial charge on any atom is -0.312 e. The standard InChI is InChI=1S/C18H36N2/c1-4-19-17(16-12-8-7-9-13-16)18(2,3)20-14-10-5-6-11-15-20/h16-17,19H,4-15H2,1-3H3. The lowest BCUT2D eigenvalue weighted by atomic mass is 9.75. The predicted octanol–water partition coefficient (Wildman–Crippen LogP) is 4.20. The van der Waals surface area contributed by atoms with Crippen LogP contribution in [0.25, 0.3) is 0 Å². The Morgan fingerprint density at radius 1 is 0.950 bits per heavy atom. The van der Waals surface area contributed by atoms with Gasteiger partial charge in [0.2, 0.25) is 0 Å². The highest BCUT2D eigenvalue weighted by Gasteiger charge is 2.39. The van der Waals surface area contributed by atoms with Crippen LogP contribution in [0.15, 0.2) is 0 Å². The smallest absolute Gasteiger partial charge is 0.0308 e. The number of rotatable bonds is 5. The first-order valence-electron chi connectivity index (χ1n) is 9.14. The Labute approximate surface area is 126 Å². The summed E-state index contributed by atoms with van der Waals surface area (Å²) < 4.78 is 0. The van der Waals surface area contributed by atoms with Crippen molar-refractivity contribution >= 4 is 0 Å². The van der Waals surface area contributed by atoms with E-state index in [0.717, 1.165) is 12.5 Å². The van der Waals surface area contributed by atoms with Crippen molar-refractivity contribution in [1.29, 1.82) is 0 Å². The molecule has 2 fully saturated rings. The van der Waals surface area contributed by atoms with Crippen LogP contribution in [0.4, 0.5) is 0 Å². The molecule has 2 rings (SSSR count). The molecule has 0 amide bonds. The Morgan fingerprint density at radius 3 is 2.05 bits per heavy atom. The molecule has 1 atom stereocenters. The summed E-state index contributed by atoms with van der Waals surface area (Å²) in [5.74, 6) is 0.891. The number of likely N-dealkylation sites (N-methyl/N-ethyl adjacent to an activating group) is 1. The van der Waals surface area contributed by atoms with Crippen LogP contribution in [0, 0.1) is 5.92 Å². The lowest BCUT2D eigenvalue weighted by Gasteiger charge is -2.48. The van der Waals surface area contributed by atoms with E-state index in [9.17, 15) is 0 Å². The Balaban J connectivity index is 2.07. The van der Waals surface area contributed by atoms with Crippen molar-refractivity contribution in [1.82, 2.24) is 10.2 Å². The molecular formula is C18H36N2. The average Bonchev–Trinajstić information content (AvgIpc) is 2.75. The molecule has 1 heterocycles. The summed E-state index contributed by atoms with van der Waals surface area (Å²) in [5, 5.41) is 3.87. The van der Waals surface area contributed by atoms with Gasteiger partial charge in [-0.25, -0.2) is 0 Å². The molecule has 0 aromatic carbocycles. The van der Waals surface area contributed by atoms with Gasteiger partial charge in [-0.05, 0) is 65.1 Å². The molecule has 0 radical (unpaired) electrons. The quantitative estimate of drug-likeness (QED) is 0.812. The first-order valence-corrected chi connectivity index (χ1v) is 9.14. The van der Waals surface area contributed by atoms with Crippen molar-refractivity contribution in [3.63, 3.8) is 0 Å². The lowest BCUT2D eigenvalue weighted by molar-refractivity contribution is 0.0495. The normalized spacial score (nSPS) is 25.4. The summed E-state index contributed by atoms with van der Waals surface area (Å²) >= 11 is 0. The van der Waals surface area contributed by atoms with Crippen molar-refractivity contribution in [3.05, 3.63) is 0 Å². The maximum Gasteiger partial charge on any atom is 0.0308 e. The summed E-state index contributed by atoms with van der Waals surface area (Å²) in [6.45, 7) is 11.0. The van der Waals surface area contributed by atoms with Gasteiger partial charge in [-0.1, -0.05) is 39.0 Å². The second-order valence-corrected chi connectivity index (χ2v) is 7.49. The van der Waals surface area contributed by atoms with Crippen LogP contribution in [-0.2, 0) is 0 Å².